The van der Waals surface area contributed by atoms with E-state index in [1.165, 1.54) is 12.8 Å². The lowest BCUT2D eigenvalue weighted by Crippen LogP contribution is -2.15. The molecule has 2 saturated carbocycles. The Morgan fingerprint density at radius 3 is 2.48 bits per heavy atom. The molecule has 0 saturated heterocycles. The van der Waals surface area contributed by atoms with Crippen LogP contribution >= 0.6 is 0 Å². The largest absolute Gasteiger partial charge is 0.416 e. The second-order valence-corrected chi connectivity index (χ2v) is 6.46. The van der Waals surface area contributed by atoms with Gasteiger partial charge in [-0.25, -0.2) is 4.39 Å². The van der Waals surface area contributed by atoms with Crippen LogP contribution in [0.15, 0.2) is 18.2 Å². The molecule has 1 nitrogen and oxygen atoms in total. The average molecular weight is 302 g/mol. The molecule has 2 aliphatic rings. The zero-order valence-corrected chi connectivity index (χ0v) is 11.5. The molecule has 2 bridgehead atoms. The molecule has 0 amide bonds. The molecule has 2 aliphatic carbocycles. The van der Waals surface area contributed by atoms with Crippen molar-refractivity contribution in [3.63, 3.8) is 0 Å². The highest BCUT2D eigenvalue weighted by Crippen LogP contribution is 2.51. The van der Waals surface area contributed by atoms with Crippen LogP contribution in [0.1, 0.15) is 49.3 Å². The van der Waals surface area contributed by atoms with Gasteiger partial charge in [-0.2, -0.15) is 13.2 Å². The fraction of sp³-hybridized carbons (Fsp3) is 0.625. The van der Waals surface area contributed by atoms with Crippen LogP contribution in [0.5, 0.6) is 0 Å². The fourth-order valence-corrected chi connectivity index (χ4v) is 4.06. The first-order chi connectivity index (χ1) is 9.83. The number of hydrogen-bond donors (Lipinski definition) is 1. The zero-order chi connectivity index (χ0) is 15.2. The first kappa shape index (κ1) is 14.8. The van der Waals surface area contributed by atoms with Crippen LogP contribution in [-0.4, -0.2) is 5.11 Å². The Morgan fingerprint density at radius 2 is 1.90 bits per heavy atom. The van der Waals surface area contributed by atoms with Crippen LogP contribution < -0.4 is 0 Å². The molecule has 0 heterocycles. The average Bonchev–Trinajstić information content (AvgIpc) is 2.99. The topological polar surface area (TPSA) is 20.2 Å². The minimum Gasteiger partial charge on any atom is -0.388 e. The lowest BCUT2D eigenvalue weighted by atomic mass is 9.83. The standard InChI is InChI=1S/C16H18F4O/c17-14-6-12(5-13(8-14)16(18,19)20)15(21)7-11-4-9-1-2-10(11)3-9/h5-6,8-11,15,21H,1-4,7H2. The van der Waals surface area contributed by atoms with Crippen molar-refractivity contribution in [1.82, 2.24) is 0 Å². The summed E-state index contributed by atoms with van der Waals surface area (Å²) in [6, 6.07) is 2.34. The first-order valence-electron chi connectivity index (χ1n) is 7.38. The van der Waals surface area contributed by atoms with Crippen molar-refractivity contribution in [3.05, 3.63) is 35.1 Å². The number of fused-ring (bicyclic) bond motifs is 2. The van der Waals surface area contributed by atoms with Crippen LogP contribution in [0.3, 0.4) is 0 Å². The van der Waals surface area contributed by atoms with Gasteiger partial charge in [0.15, 0.2) is 0 Å². The molecule has 0 spiro atoms. The normalized spacial score (nSPS) is 29.9. The second-order valence-electron chi connectivity index (χ2n) is 6.46. The van der Waals surface area contributed by atoms with E-state index in [4.69, 9.17) is 0 Å². The number of rotatable bonds is 3. The summed E-state index contributed by atoms with van der Waals surface area (Å²) in [5, 5.41) is 10.2. The third-order valence-corrected chi connectivity index (χ3v) is 5.04. The molecule has 1 aromatic carbocycles. The van der Waals surface area contributed by atoms with E-state index in [1.54, 1.807) is 0 Å². The highest BCUT2D eigenvalue weighted by Gasteiger charge is 2.40. The van der Waals surface area contributed by atoms with E-state index in [2.05, 4.69) is 0 Å². The molecule has 0 aromatic heterocycles. The number of alkyl halides is 3. The molecule has 1 aromatic rings. The molecular formula is C16H18F4O. The predicted molar refractivity (Wildman–Crippen MR) is 69.9 cm³/mol. The van der Waals surface area contributed by atoms with E-state index in [9.17, 15) is 22.7 Å². The van der Waals surface area contributed by atoms with Gasteiger partial charge in [0, 0.05) is 0 Å². The highest BCUT2D eigenvalue weighted by molar-refractivity contribution is 5.28. The second kappa shape index (κ2) is 5.27. The summed E-state index contributed by atoms with van der Waals surface area (Å²) in [4.78, 5) is 0. The Morgan fingerprint density at radius 1 is 1.14 bits per heavy atom. The van der Waals surface area contributed by atoms with Gasteiger partial charge >= 0.3 is 6.18 Å². The summed E-state index contributed by atoms with van der Waals surface area (Å²) in [7, 11) is 0. The summed E-state index contributed by atoms with van der Waals surface area (Å²) in [5.74, 6) is 0.703. The molecule has 5 heteroatoms. The van der Waals surface area contributed by atoms with Gasteiger partial charge in [-0.1, -0.05) is 6.42 Å². The third kappa shape index (κ3) is 3.07. The number of hydrogen-bond acceptors (Lipinski definition) is 1. The first-order valence-corrected chi connectivity index (χ1v) is 7.38. The van der Waals surface area contributed by atoms with Gasteiger partial charge in [0.05, 0.1) is 11.7 Å². The van der Waals surface area contributed by atoms with E-state index < -0.39 is 23.7 Å². The summed E-state index contributed by atoms with van der Waals surface area (Å²) >= 11 is 0. The maximum Gasteiger partial charge on any atom is 0.416 e. The minimum absolute atomic E-state index is 0.0325. The molecule has 2 fully saturated rings. The van der Waals surface area contributed by atoms with Gasteiger partial charge in [-0.05, 0) is 67.2 Å². The van der Waals surface area contributed by atoms with E-state index >= 15 is 0 Å². The Balaban J connectivity index is 1.75. The summed E-state index contributed by atoms with van der Waals surface area (Å²) < 4.78 is 51.4. The lowest BCUT2D eigenvalue weighted by Gasteiger charge is -2.24. The van der Waals surface area contributed by atoms with Crippen molar-refractivity contribution in [2.24, 2.45) is 17.8 Å². The van der Waals surface area contributed by atoms with Crippen LogP contribution in [0.25, 0.3) is 0 Å². The third-order valence-electron chi connectivity index (χ3n) is 5.04. The Bertz CT molecular complexity index is 525. The fourth-order valence-electron chi connectivity index (χ4n) is 4.06. The number of aliphatic hydroxyl groups excluding tert-OH is 1. The van der Waals surface area contributed by atoms with Gasteiger partial charge in [-0.3, -0.25) is 0 Å². The maximum absolute atomic E-state index is 13.4. The van der Waals surface area contributed by atoms with E-state index in [1.807, 2.05) is 0 Å². The highest BCUT2D eigenvalue weighted by atomic mass is 19.4. The number of benzene rings is 1. The molecule has 3 rings (SSSR count). The van der Waals surface area contributed by atoms with Crippen LogP contribution in [0.2, 0.25) is 0 Å². The van der Waals surface area contributed by atoms with Crippen molar-refractivity contribution < 1.29 is 22.7 Å². The molecule has 4 atom stereocenters. The molecule has 4 unspecified atom stereocenters. The molecule has 0 radical (unpaired) electrons. The number of aliphatic hydroxyl groups is 1. The monoisotopic (exact) mass is 302 g/mol. The van der Waals surface area contributed by atoms with Crippen molar-refractivity contribution in [1.29, 1.82) is 0 Å². The van der Waals surface area contributed by atoms with Gasteiger partial charge in [0.2, 0.25) is 0 Å². The van der Waals surface area contributed by atoms with Crippen LogP contribution in [-0.2, 0) is 6.18 Å². The van der Waals surface area contributed by atoms with Gasteiger partial charge in [0.1, 0.15) is 5.82 Å². The quantitative estimate of drug-likeness (QED) is 0.802. The van der Waals surface area contributed by atoms with Gasteiger partial charge in [0.25, 0.3) is 0 Å². The van der Waals surface area contributed by atoms with E-state index in [0.29, 0.717) is 30.2 Å². The van der Waals surface area contributed by atoms with Crippen molar-refractivity contribution >= 4 is 0 Å². The smallest absolute Gasteiger partial charge is 0.388 e. The molecule has 1 N–H and O–H groups in total. The Hall–Kier alpha value is -1.10. The van der Waals surface area contributed by atoms with E-state index in [0.717, 1.165) is 25.0 Å². The van der Waals surface area contributed by atoms with Crippen LogP contribution in [0.4, 0.5) is 17.6 Å². The minimum atomic E-state index is -4.59. The summed E-state index contributed by atoms with van der Waals surface area (Å²) in [6.45, 7) is 0. The lowest BCUT2D eigenvalue weighted by molar-refractivity contribution is -0.137. The molecule has 21 heavy (non-hydrogen) atoms. The molecule has 116 valence electrons. The predicted octanol–water partition coefficient (Wildman–Crippen LogP) is 4.70. The Kier molecular flexibility index (Phi) is 3.72. The van der Waals surface area contributed by atoms with Gasteiger partial charge < -0.3 is 5.11 Å². The van der Waals surface area contributed by atoms with Crippen LogP contribution in [0, 0.1) is 23.6 Å². The molecule has 0 aliphatic heterocycles. The van der Waals surface area contributed by atoms with Crippen molar-refractivity contribution in [2.75, 3.05) is 0 Å². The van der Waals surface area contributed by atoms with Gasteiger partial charge in [-0.15, -0.1) is 0 Å². The summed E-state index contributed by atoms with van der Waals surface area (Å²) in [5.41, 5.74) is -1.01. The number of halogens is 4. The zero-order valence-electron chi connectivity index (χ0n) is 11.5. The van der Waals surface area contributed by atoms with Crippen molar-refractivity contribution in [3.8, 4) is 0 Å². The SMILES string of the molecule is OC(CC1CC2CCC1C2)c1cc(F)cc(C(F)(F)F)c1. The van der Waals surface area contributed by atoms with E-state index in [-0.39, 0.29) is 5.56 Å². The Labute approximate surface area is 121 Å². The maximum atomic E-state index is 13.4. The summed E-state index contributed by atoms with van der Waals surface area (Å²) in [6.07, 6.45) is -0.581. The van der Waals surface area contributed by atoms with Crippen molar-refractivity contribution in [2.45, 2.75) is 44.4 Å². The molecular weight excluding hydrogens is 284 g/mol.